The van der Waals surface area contributed by atoms with Crippen LogP contribution in [0.15, 0.2) is 42.6 Å². The fourth-order valence-electron chi connectivity index (χ4n) is 2.79. The first-order valence-electron chi connectivity index (χ1n) is 8.92. The van der Waals surface area contributed by atoms with Crippen molar-refractivity contribution in [3.63, 3.8) is 0 Å². The third kappa shape index (κ3) is 4.96. The maximum absolute atomic E-state index is 12.3. The number of hydrogen-bond acceptors (Lipinski definition) is 6. The summed E-state index contributed by atoms with van der Waals surface area (Å²) in [6.07, 6.45) is 0.996. The molecule has 27 heavy (non-hydrogen) atoms. The Balaban J connectivity index is 1.54. The molecule has 0 aliphatic carbocycles. The molecule has 1 fully saturated rings. The van der Waals surface area contributed by atoms with E-state index in [4.69, 9.17) is 10.00 Å². The number of aromatic nitrogens is 1. The van der Waals surface area contributed by atoms with Gasteiger partial charge in [0, 0.05) is 26.2 Å². The normalized spacial score (nSPS) is 15.7. The summed E-state index contributed by atoms with van der Waals surface area (Å²) in [5, 5.41) is 11.6. The molecule has 1 aromatic carbocycles. The number of carbonyl (C=O) groups excluding carboxylic acids is 1. The molecule has 0 saturated carbocycles. The van der Waals surface area contributed by atoms with Crippen molar-refractivity contribution in [2.75, 3.05) is 43.4 Å². The lowest BCUT2D eigenvalue weighted by Crippen LogP contribution is -2.44. The minimum absolute atomic E-state index is 0.256. The van der Waals surface area contributed by atoms with Crippen LogP contribution in [0.3, 0.4) is 0 Å². The Kier molecular flexibility index (Phi) is 5.89. The number of nitriles is 1. The standard InChI is InChI=1S/C20H23N5O2/c1-15(27-18-6-3-16(13-21)4-7-18)20(26)23-17-5-8-19(22-14-17)25-11-9-24(2)10-12-25/h3-8,14-15H,9-12H2,1-2H3,(H,23,26). The van der Waals surface area contributed by atoms with Crippen molar-refractivity contribution in [2.24, 2.45) is 0 Å². The van der Waals surface area contributed by atoms with Gasteiger partial charge < -0.3 is 19.9 Å². The van der Waals surface area contributed by atoms with Gasteiger partial charge in [-0.3, -0.25) is 4.79 Å². The Morgan fingerprint density at radius 2 is 1.89 bits per heavy atom. The summed E-state index contributed by atoms with van der Waals surface area (Å²) in [6, 6.07) is 12.5. The minimum Gasteiger partial charge on any atom is -0.481 e. The highest BCUT2D eigenvalue weighted by Crippen LogP contribution is 2.17. The van der Waals surface area contributed by atoms with Crippen LogP contribution in [0.4, 0.5) is 11.5 Å². The molecule has 7 heteroatoms. The number of rotatable bonds is 5. The number of piperazine rings is 1. The third-order valence-electron chi connectivity index (χ3n) is 4.51. The highest BCUT2D eigenvalue weighted by Gasteiger charge is 2.17. The van der Waals surface area contributed by atoms with Gasteiger partial charge in [-0.05, 0) is 50.4 Å². The first-order chi connectivity index (χ1) is 13.0. The molecule has 2 aromatic rings. The van der Waals surface area contributed by atoms with E-state index < -0.39 is 6.10 Å². The molecule has 1 aliphatic rings. The van der Waals surface area contributed by atoms with Crippen molar-refractivity contribution >= 4 is 17.4 Å². The zero-order valence-corrected chi connectivity index (χ0v) is 15.6. The van der Waals surface area contributed by atoms with Crippen LogP contribution in [-0.4, -0.2) is 55.1 Å². The van der Waals surface area contributed by atoms with E-state index in [0.717, 1.165) is 32.0 Å². The second kappa shape index (κ2) is 8.52. The van der Waals surface area contributed by atoms with Gasteiger partial charge in [-0.2, -0.15) is 5.26 Å². The van der Waals surface area contributed by atoms with Gasteiger partial charge in [-0.25, -0.2) is 4.98 Å². The van der Waals surface area contributed by atoms with E-state index in [-0.39, 0.29) is 5.91 Å². The summed E-state index contributed by atoms with van der Waals surface area (Å²) in [7, 11) is 2.12. The molecule has 1 aliphatic heterocycles. The first kappa shape index (κ1) is 18.7. The highest BCUT2D eigenvalue weighted by molar-refractivity contribution is 5.94. The number of likely N-dealkylation sites (N-methyl/N-ethyl adjacent to an activating group) is 1. The van der Waals surface area contributed by atoms with Crippen molar-refractivity contribution in [3.8, 4) is 11.8 Å². The van der Waals surface area contributed by atoms with E-state index in [2.05, 4.69) is 27.1 Å². The average Bonchev–Trinajstić information content (AvgIpc) is 2.70. The van der Waals surface area contributed by atoms with Crippen LogP contribution < -0.4 is 15.0 Å². The Labute approximate surface area is 159 Å². The second-order valence-corrected chi connectivity index (χ2v) is 6.58. The lowest BCUT2D eigenvalue weighted by Gasteiger charge is -2.33. The van der Waals surface area contributed by atoms with Gasteiger partial charge in [0.25, 0.3) is 5.91 Å². The van der Waals surface area contributed by atoms with Crippen LogP contribution in [0.5, 0.6) is 5.75 Å². The number of anilines is 2. The van der Waals surface area contributed by atoms with E-state index in [0.29, 0.717) is 17.0 Å². The number of hydrogen-bond donors (Lipinski definition) is 1. The number of carbonyl (C=O) groups is 1. The average molecular weight is 365 g/mol. The number of pyridine rings is 1. The molecule has 3 rings (SSSR count). The summed E-state index contributed by atoms with van der Waals surface area (Å²) in [5.74, 6) is 1.21. The Morgan fingerprint density at radius 1 is 1.19 bits per heavy atom. The molecular weight excluding hydrogens is 342 g/mol. The van der Waals surface area contributed by atoms with Gasteiger partial charge in [0.05, 0.1) is 23.5 Å². The number of ether oxygens (including phenoxy) is 1. The summed E-state index contributed by atoms with van der Waals surface area (Å²) in [4.78, 5) is 21.3. The fraction of sp³-hybridized carbons (Fsp3) is 0.350. The van der Waals surface area contributed by atoms with Crippen molar-refractivity contribution < 1.29 is 9.53 Å². The maximum atomic E-state index is 12.3. The number of nitrogens with one attached hydrogen (secondary N) is 1. The summed E-state index contributed by atoms with van der Waals surface area (Å²) >= 11 is 0. The predicted octanol–water partition coefficient (Wildman–Crippen LogP) is 2.11. The molecule has 140 valence electrons. The van der Waals surface area contributed by atoms with Gasteiger partial charge in [0.15, 0.2) is 6.10 Å². The summed E-state index contributed by atoms with van der Waals surface area (Å²) in [5.41, 5.74) is 1.18. The predicted molar refractivity (Wildman–Crippen MR) is 104 cm³/mol. The summed E-state index contributed by atoms with van der Waals surface area (Å²) < 4.78 is 5.62. The van der Waals surface area contributed by atoms with Crippen molar-refractivity contribution in [1.82, 2.24) is 9.88 Å². The maximum Gasteiger partial charge on any atom is 0.265 e. The quantitative estimate of drug-likeness (QED) is 0.874. The molecule has 1 N–H and O–H groups in total. The number of nitrogens with zero attached hydrogens (tertiary/aromatic N) is 4. The zero-order valence-electron chi connectivity index (χ0n) is 15.6. The van der Waals surface area contributed by atoms with E-state index in [1.165, 1.54) is 0 Å². The largest absolute Gasteiger partial charge is 0.481 e. The molecule has 1 atom stereocenters. The van der Waals surface area contributed by atoms with Crippen molar-refractivity contribution in [3.05, 3.63) is 48.2 Å². The zero-order chi connectivity index (χ0) is 19.2. The summed E-state index contributed by atoms with van der Waals surface area (Å²) in [6.45, 7) is 5.61. The molecule has 2 heterocycles. The van der Waals surface area contributed by atoms with Crippen LogP contribution in [0.25, 0.3) is 0 Å². The van der Waals surface area contributed by atoms with Gasteiger partial charge >= 0.3 is 0 Å². The molecule has 0 bridgehead atoms. The van der Waals surface area contributed by atoms with Crippen LogP contribution in [0.2, 0.25) is 0 Å². The Morgan fingerprint density at radius 3 is 2.48 bits per heavy atom. The fourth-order valence-corrected chi connectivity index (χ4v) is 2.79. The van der Waals surface area contributed by atoms with Crippen LogP contribution in [-0.2, 0) is 4.79 Å². The van der Waals surface area contributed by atoms with E-state index in [1.54, 1.807) is 37.4 Å². The van der Waals surface area contributed by atoms with Crippen LogP contribution in [0.1, 0.15) is 12.5 Å². The molecule has 0 radical (unpaired) electrons. The highest BCUT2D eigenvalue weighted by atomic mass is 16.5. The lowest BCUT2D eigenvalue weighted by molar-refractivity contribution is -0.122. The monoisotopic (exact) mass is 365 g/mol. The Hall–Kier alpha value is -3.11. The first-order valence-corrected chi connectivity index (χ1v) is 8.92. The SMILES string of the molecule is CC(Oc1ccc(C#N)cc1)C(=O)Nc1ccc(N2CCN(C)CC2)nc1. The molecule has 1 unspecified atom stereocenters. The molecule has 1 saturated heterocycles. The van der Waals surface area contributed by atoms with Crippen LogP contribution in [0, 0.1) is 11.3 Å². The van der Waals surface area contributed by atoms with Crippen molar-refractivity contribution in [1.29, 1.82) is 5.26 Å². The lowest BCUT2D eigenvalue weighted by atomic mass is 10.2. The Bertz CT molecular complexity index is 806. The van der Waals surface area contributed by atoms with Gasteiger partial charge in [0.2, 0.25) is 0 Å². The van der Waals surface area contributed by atoms with Crippen LogP contribution >= 0.6 is 0 Å². The molecule has 0 spiro atoms. The minimum atomic E-state index is -0.671. The second-order valence-electron chi connectivity index (χ2n) is 6.58. The smallest absolute Gasteiger partial charge is 0.265 e. The molecule has 7 nitrogen and oxygen atoms in total. The molecule has 1 amide bonds. The third-order valence-corrected chi connectivity index (χ3v) is 4.51. The van der Waals surface area contributed by atoms with Gasteiger partial charge in [0.1, 0.15) is 11.6 Å². The number of benzene rings is 1. The molecule has 1 aromatic heterocycles. The van der Waals surface area contributed by atoms with E-state index in [1.807, 2.05) is 18.2 Å². The van der Waals surface area contributed by atoms with Crippen molar-refractivity contribution in [2.45, 2.75) is 13.0 Å². The van der Waals surface area contributed by atoms with Gasteiger partial charge in [-0.1, -0.05) is 0 Å². The number of amides is 1. The van der Waals surface area contributed by atoms with Gasteiger partial charge in [-0.15, -0.1) is 0 Å². The topological polar surface area (TPSA) is 81.5 Å². The molecular formula is C20H23N5O2. The van der Waals surface area contributed by atoms with E-state index in [9.17, 15) is 4.79 Å². The van der Waals surface area contributed by atoms with E-state index >= 15 is 0 Å².